The number of nitrogen functional groups attached to an aromatic ring is 1. The highest BCUT2D eigenvalue weighted by Crippen LogP contribution is 2.38. The summed E-state index contributed by atoms with van der Waals surface area (Å²) in [7, 11) is 0. The molecular formula is C22H19N3. The number of nitrogens with zero attached hydrogens (tertiary/aromatic N) is 1. The molecule has 1 aliphatic heterocycles. The van der Waals surface area contributed by atoms with E-state index in [-0.39, 0.29) is 0 Å². The Morgan fingerprint density at radius 1 is 0.960 bits per heavy atom. The van der Waals surface area contributed by atoms with Crippen LogP contribution in [0, 0.1) is 5.41 Å². The minimum Gasteiger partial charge on any atom is -0.399 e. The van der Waals surface area contributed by atoms with Crippen LogP contribution in [0.25, 0.3) is 33.3 Å². The number of hydrogen-bond acceptors (Lipinski definition) is 2. The minimum atomic E-state index is 0.499. The van der Waals surface area contributed by atoms with E-state index in [2.05, 4.69) is 29.3 Å². The molecule has 3 N–H and O–H groups in total. The number of nitrogens with two attached hydrogens (primary N) is 1. The maximum atomic E-state index is 8.06. The number of benzene rings is 3. The standard InChI is InChI=1S/C22H19N3/c1-2-12-25-21-14-17(24)9-11-19(21)18-10-8-16(23)13-20(18)22(25)15-6-4-3-5-7-15/h2-11,13-14,24H,1,12,23H2. The van der Waals surface area contributed by atoms with Crippen molar-refractivity contribution < 1.29 is 0 Å². The van der Waals surface area contributed by atoms with Gasteiger partial charge in [-0.1, -0.05) is 48.5 Å². The average molecular weight is 325 g/mol. The number of rotatable bonds is 3. The fourth-order valence-electron chi connectivity index (χ4n) is 3.47. The fraction of sp³-hybridized carbons (Fsp3) is 0.0455. The largest absolute Gasteiger partial charge is 0.399 e. The molecule has 2 aliphatic rings. The third-order valence-electron chi connectivity index (χ3n) is 4.51. The molecule has 2 aromatic carbocycles. The number of aromatic nitrogens is 1. The number of allylic oxidation sites excluding steroid dienone is 1. The summed E-state index contributed by atoms with van der Waals surface area (Å²) in [5, 5.41) is 10.8. The number of fused-ring (bicyclic) bond motifs is 3. The van der Waals surface area contributed by atoms with E-state index in [1.165, 1.54) is 0 Å². The lowest BCUT2D eigenvalue weighted by Gasteiger charge is -2.23. The van der Waals surface area contributed by atoms with Crippen molar-refractivity contribution in [1.29, 1.82) is 5.41 Å². The van der Waals surface area contributed by atoms with Crippen LogP contribution in [0.5, 0.6) is 0 Å². The van der Waals surface area contributed by atoms with E-state index in [1.807, 2.05) is 54.6 Å². The summed E-state index contributed by atoms with van der Waals surface area (Å²) >= 11 is 0. The van der Waals surface area contributed by atoms with Crippen molar-refractivity contribution in [1.82, 2.24) is 4.57 Å². The van der Waals surface area contributed by atoms with Gasteiger partial charge in [-0.25, -0.2) is 0 Å². The smallest absolute Gasteiger partial charge is 0.0568 e. The van der Waals surface area contributed by atoms with E-state index >= 15 is 0 Å². The van der Waals surface area contributed by atoms with Gasteiger partial charge >= 0.3 is 0 Å². The van der Waals surface area contributed by atoms with Crippen LogP contribution in [0.3, 0.4) is 0 Å². The second kappa shape index (κ2) is 5.95. The predicted octanol–water partition coefficient (Wildman–Crippen LogP) is 4.66. The first-order valence-electron chi connectivity index (χ1n) is 8.26. The Morgan fingerprint density at radius 2 is 1.76 bits per heavy atom. The number of pyridine rings is 1. The van der Waals surface area contributed by atoms with Crippen LogP contribution >= 0.6 is 0 Å². The Morgan fingerprint density at radius 3 is 2.52 bits per heavy atom. The molecule has 4 rings (SSSR count). The first kappa shape index (κ1) is 15.2. The predicted molar refractivity (Wildman–Crippen MR) is 104 cm³/mol. The molecule has 0 fully saturated rings. The van der Waals surface area contributed by atoms with Gasteiger partial charge < -0.3 is 15.7 Å². The van der Waals surface area contributed by atoms with Crippen LogP contribution in [0.2, 0.25) is 0 Å². The van der Waals surface area contributed by atoms with Crippen molar-refractivity contribution in [3.05, 3.63) is 84.7 Å². The Balaban J connectivity index is 2.27. The van der Waals surface area contributed by atoms with Gasteiger partial charge in [-0.2, -0.15) is 0 Å². The van der Waals surface area contributed by atoms with Crippen LogP contribution in [0.4, 0.5) is 5.69 Å². The molecule has 0 amide bonds. The zero-order chi connectivity index (χ0) is 17.4. The van der Waals surface area contributed by atoms with Gasteiger partial charge in [-0.15, -0.1) is 6.58 Å². The molecule has 25 heavy (non-hydrogen) atoms. The molecular weight excluding hydrogens is 306 g/mol. The molecule has 0 aromatic heterocycles. The average Bonchev–Trinajstić information content (AvgIpc) is 2.62. The van der Waals surface area contributed by atoms with Crippen LogP contribution in [-0.2, 0) is 6.54 Å². The summed E-state index contributed by atoms with van der Waals surface area (Å²) in [4.78, 5) is 0. The SMILES string of the molecule is C=CCn1c2cc(=N)ccc-2c2ccc(N)cc2c1-c1ccccc1. The van der Waals surface area contributed by atoms with Gasteiger partial charge in [-0.05, 0) is 35.2 Å². The van der Waals surface area contributed by atoms with Gasteiger partial charge in [0, 0.05) is 23.2 Å². The molecule has 1 aliphatic carbocycles. The van der Waals surface area contributed by atoms with E-state index in [4.69, 9.17) is 11.1 Å². The lowest BCUT2D eigenvalue weighted by Crippen LogP contribution is -2.11. The lowest BCUT2D eigenvalue weighted by molar-refractivity contribution is 0.838. The molecule has 0 saturated carbocycles. The Hall–Kier alpha value is -3.33. The third kappa shape index (κ3) is 2.50. The van der Waals surface area contributed by atoms with Crippen molar-refractivity contribution in [3.63, 3.8) is 0 Å². The number of hydrogen-bond donors (Lipinski definition) is 2. The molecule has 122 valence electrons. The summed E-state index contributed by atoms with van der Waals surface area (Å²) in [5.74, 6) is 0. The van der Waals surface area contributed by atoms with E-state index in [0.29, 0.717) is 11.9 Å². The van der Waals surface area contributed by atoms with Crippen molar-refractivity contribution in [3.8, 4) is 22.5 Å². The molecule has 0 bridgehead atoms. The van der Waals surface area contributed by atoms with Gasteiger partial charge in [0.15, 0.2) is 0 Å². The Labute approximate surface area is 146 Å². The minimum absolute atomic E-state index is 0.499. The Kier molecular flexibility index (Phi) is 3.62. The van der Waals surface area contributed by atoms with Gasteiger partial charge in [0.25, 0.3) is 0 Å². The summed E-state index contributed by atoms with van der Waals surface area (Å²) < 4.78 is 2.22. The summed E-state index contributed by atoms with van der Waals surface area (Å²) in [6.07, 6.45) is 1.89. The summed E-state index contributed by atoms with van der Waals surface area (Å²) in [5.41, 5.74) is 11.2. The molecule has 0 atom stereocenters. The third-order valence-corrected chi connectivity index (χ3v) is 4.51. The highest BCUT2D eigenvalue weighted by molar-refractivity contribution is 6.05. The maximum Gasteiger partial charge on any atom is 0.0568 e. The molecule has 0 unspecified atom stereocenters. The Bertz CT molecular complexity index is 1110. The first-order valence-corrected chi connectivity index (χ1v) is 8.26. The van der Waals surface area contributed by atoms with Gasteiger partial charge in [0.05, 0.1) is 16.7 Å². The zero-order valence-corrected chi connectivity index (χ0v) is 13.9. The molecule has 2 aromatic rings. The van der Waals surface area contributed by atoms with Crippen LogP contribution in [0.1, 0.15) is 0 Å². The van der Waals surface area contributed by atoms with Crippen molar-refractivity contribution in [2.45, 2.75) is 6.54 Å². The van der Waals surface area contributed by atoms with Gasteiger partial charge in [0.1, 0.15) is 0 Å². The number of nitrogens with one attached hydrogen (secondary N) is 1. The van der Waals surface area contributed by atoms with Crippen LogP contribution < -0.4 is 11.1 Å². The quantitative estimate of drug-likeness (QED) is 0.321. The van der Waals surface area contributed by atoms with E-state index in [9.17, 15) is 0 Å². The number of anilines is 1. The first-order chi connectivity index (χ1) is 12.2. The maximum absolute atomic E-state index is 8.06. The molecule has 3 heteroatoms. The van der Waals surface area contributed by atoms with Crippen LogP contribution in [0.15, 0.2) is 79.4 Å². The molecule has 0 spiro atoms. The van der Waals surface area contributed by atoms with Crippen molar-refractivity contribution in [2.24, 2.45) is 0 Å². The van der Waals surface area contributed by atoms with Crippen molar-refractivity contribution >= 4 is 16.5 Å². The zero-order valence-electron chi connectivity index (χ0n) is 13.9. The van der Waals surface area contributed by atoms with E-state index in [1.54, 1.807) is 0 Å². The topological polar surface area (TPSA) is 54.8 Å². The monoisotopic (exact) mass is 325 g/mol. The molecule has 3 nitrogen and oxygen atoms in total. The summed E-state index contributed by atoms with van der Waals surface area (Å²) in [6.45, 7) is 4.59. The van der Waals surface area contributed by atoms with E-state index < -0.39 is 0 Å². The molecule has 0 saturated heterocycles. The molecule has 0 radical (unpaired) electrons. The fourth-order valence-corrected chi connectivity index (χ4v) is 3.47. The molecule has 1 heterocycles. The highest BCUT2D eigenvalue weighted by atomic mass is 15.0. The summed E-state index contributed by atoms with van der Waals surface area (Å²) in [6, 6.07) is 22.1. The van der Waals surface area contributed by atoms with Gasteiger partial charge in [-0.3, -0.25) is 0 Å². The lowest BCUT2D eigenvalue weighted by atomic mass is 9.95. The van der Waals surface area contributed by atoms with E-state index in [0.717, 1.165) is 39.0 Å². The van der Waals surface area contributed by atoms with Gasteiger partial charge in [0.2, 0.25) is 0 Å². The highest BCUT2D eigenvalue weighted by Gasteiger charge is 2.18. The normalized spacial score (nSPS) is 11.0. The second-order valence-electron chi connectivity index (χ2n) is 6.15. The second-order valence-corrected chi connectivity index (χ2v) is 6.15. The van der Waals surface area contributed by atoms with Crippen LogP contribution in [-0.4, -0.2) is 4.57 Å². The van der Waals surface area contributed by atoms with Crippen molar-refractivity contribution in [2.75, 3.05) is 5.73 Å².